The van der Waals surface area contributed by atoms with Gasteiger partial charge in [-0.15, -0.1) is 0 Å². The first kappa shape index (κ1) is 22.0. The number of nitrogens with zero attached hydrogens (tertiary/aromatic N) is 3. The van der Waals surface area contributed by atoms with Crippen molar-refractivity contribution < 1.29 is 14.1 Å². The van der Waals surface area contributed by atoms with Gasteiger partial charge in [0.15, 0.2) is 10.9 Å². The van der Waals surface area contributed by atoms with Crippen LogP contribution in [0.2, 0.25) is 0 Å². The number of nitro benzene ring substituents is 1. The summed E-state index contributed by atoms with van der Waals surface area (Å²) in [4.78, 5) is 27.0. The van der Waals surface area contributed by atoms with Crippen LogP contribution in [0.15, 0.2) is 69.6 Å². The monoisotopic (exact) mass is 514 g/mol. The summed E-state index contributed by atoms with van der Waals surface area (Å²) in [5, 5.41) is 13.9. The molecular weight excluding hydrogens is 496 g/mol. The van der Waals surface area contributed by atoms with E-state index in [-0.39, 0.29) is 11.4 Å². The number of piperazine rings is 1. The van der Waals surface area contributed by atoms with E-state index in [0.717, 1.165) is 15.7 Å². The van der Waals surface area contributed by atoms with E-state index in [0.29, 0.717) is 37.1 Å². The van der Waals surface area contributed by atoms with Gasteiger partial charge in [0.1, 0.15) is 5.76 Å². The molecule has 2 heterocycles. The number of hydrogen-bond acceptors (Lipinski definition) is 6. The van der Waals surface area contributed by atoms with Crippen LogP contribution in [0.4, 0.5) is 11.4 Å². The molecule has 0 unspecified atom stereocenters. The van der Waals surface area contributed by atoms with Crippen molar-refractivity contribution in [2.24, 2.45) is 0 Å². The Balaban J connectivity index is 1.31. The highest BCUT2D eigenvalue weighted by Crippen LogP contribution is 2.24. The van der Waals surface area contributed by atoms with Gasteiger partial charge in [0.05, 0.1) is 4.92 Å². The van der Waals surface area contributed by atoms with E-state index in [1.165, 1.54) is 12.1 Å². The number of nitro groups is 1. The van der Waals surface area contributed by atoms with Crippen molar-refractivity contribution in [3.63, 3.8) is 0 Å². The number of nitrogens with one attached hydrogen (secondary N) is 1. The van der Waals surface area contributed by atoms with E-state index in [2.05, 4.69) is 26.1 Å². The first-order valence-corrected chi connectivity index (χ1v) is 11.1. The van der Waals surface area contributed by atoms with Crippen LogP contribution in [0, 0.1) is 10.1 Å². The number of rotatable bonds is 4. The summed E-state index contributed by atoms with van der Waals surface area (Å²) in [6.07, 6.45) is 0. The number of benzene rings is 2. The molecule has 1 saturated heterocycles. The lowest BCUT2D eigenvalue weighted by Gasteiger charge is -2.37. The minimum atomic E-state index is -0.413. The van der Waals surface area contributed by atoms with Gasteiger partial charge in [-0.25, -0.2) is 0 Å². The number of anilines is 1. The Hall–Kier alpha value is -3.24. The lowest BCUT2D eigenvalue weighted by atomic mass is 10.2. The van der Waals surface area contributed by atoms with Gasteiger partial charge >= 0.3 is 0 Å². The summed E-state index contributed by atoms with van der Waals surface area (Å²) < 4.78 is 6.66. The zero-order chi connectivity index (χ0) is 22.7. The zero-order valence-electron chi connectivity index (χ0n) is 16.9. The number of amides is 1. The standard InChI is InChI=1S/C22H19BrN4O4S/c23-16-3-1-15(2-4-16)19-9-10-20(31-19)21(28)24-22(32)26-13-11-25(12-14-26)17-5-7-18(8-6-17)27(29)30/h1-10H,11-14H2,(H,24,28,32). The summed E-state index contributed by atoms with van der Waals surface area (Å²) in [6, 6.07) is 17.5. The van der Waals surface area contributed by atoms with Gasteiger partial charge in [-0.05, 0) is 48.6 Å². The lowest BCUT2D eigenvalue weighted by Crippen LogP contribution is -2.52. The summed E-state index contributed by atoms with van der Waals surface area (Å²) in [5.41, 5.74) is 1.86. The Morgan fingerprint density at radius 1 is 1.00 bits per heavy atom. The average molecular weight is 515 g/mol. The maximum Gasteiger partial charge on any atom is 0.293 e. The molecular formula is C22H19BrN4O4S. The van der Waals surface area contributed by atoms with E-state index in [1.807, 2.05) is 29.2 Å². The highest BCUT2D eigenvalue weighted by atomic mass is 79.9. The van der Waals surface area contributed by atoms with Crippen LogP contribution in [0.25, 0.3) is 11.3 Å². The van der Waals surface area contributed by atoms with Gasteiger partial charge in [-0.1, -0.05) is 28.1 Å². The van der Waals surface area contributed by atoms with Gasteiger partial charge in [0.2, 0.25) is 0 Å². The van der Waals surface area contributed by atoms with Crippen LogP contribution < -0.4 is 10.2 Å². The van der Waals surface area contributed by atoms with Crippen LogP contribution >= 0.6 is 28.1 Å². The molecule has 1 N–H and O–H groups in total. The van der Waals surface area contributed by atoms with Crippen molar-refractivity contribution in [3.05, 3.63) is 81.0 Å². The van der Waals surface area contributed by atoms with Crippen LogP contribution in [0.5, 0.6) is 0 Å². The molecule has 1 amide bonds. The van der Waals surface area contributed by atoms with Crippen LogP contribution in [-0.2, 0) is 0 Å². The number of hydrogen-bond donors (Lipinski definition) is 1. The maximum atomic E-state index is 12.6. The summed E-state index contributed by atoms with van der Waals surface area (Å²) in [5.74, 6) is 0.399. The maximum absolute atomic E-state index is 12.6. The minimum absolute atomic E-state index is 0.0671. The number of thiocarbonyl (C=S) groups is 1. The first-order chi connectivity index (χ1) is 15.4. The molecule has 8 nitrogen and oxygen atoms in total. The second-order valence-corrected chi connectivity index (χ2v) is 8.48. The predicted molar refractivity (Wildman–Crippen MR) is 129 cm³/mol. The van der Waals surface area contributed by atoms with Crippen molar-refractivity contribution in [2.75, 3.05) is 31.1 Å². The normalized spacial score (nSPS) is 13.7. The molecule has 3 aromatic rings. The SMILES string of the molecule is O=C(NC(=S)N1CCN(c2ccc([N+](=O)[O-])cc2)CC1)c1ccc(-c2ccc(Br)cc2)o1. The number of carbonyl (C=O) groups is 1. The first-order valence-electron chi connectivity index (χ1n) is 9.86. The van der Waals surface area contributed by atoms with Gasteiger partial charge in [-0.3, -0.25) is 20.2 Å². The Kier molecular flexibility index (Phi) is 6.52. The quantitative estimate of drug-likeness (QED) is 0.312. The fourth-order valence-corrected chi connectivity index (χ4v) is 3.96. The highest BCUT2D eigenvalue weighted by Gasteiger charge is 2.22. The Morgan fingerprint density at radius 3 is 2.28 bits per heavy atom. The molecule has 1 aromatic heterocycles. The van der Waals surface area contributed by atoms with Gasteiger partial charge in [-0.2, -0.15) is 0 Å². The molecule has 4 rings (SSSR count). The molecule has 0 spiro atoms. The second kappa shape index (κ2) is 9.49. The van der Waals surface area contributed by atoms with Crippen molar-refractivity contribution >= 4 is 50.5 Å². The third-order valence-corrected chi connectivity index (χ3v) is 6.06. The van der Waals surface area contributed by atoms with E-state index >= 15 is 0 Å². The highest BCUT2D eigenvalue weighted by molar-refractivity contribution is 9.10. The fourth-order valence-electron chi connectivity index (χ4n) is 3.42. The fraction of sp³-hybridized carbons (Fsp3) is 0.182. The molecule has 1 fully saturated rings. The van der Waals surface area contributed by atoms with Crippen molar-refractivity contribution in [3.8, 4) is 11.3 Å². The molecule has 1 aliphatic rings. The molecule has 1 aliphatic heterocycles. The third-order valence-electron chi connectivity index (χ3n) is 5.17. The van der Waals surface area contributed by atoms with Gasteiger partial charge in [0.25, 0.3) is 11.6 Å². The topological polar surface area (TPSA) is 91.9 Å². The zero-order valence-corrected chi connectivity index (χ0v) is 19.3. The Labute approximate surface area is 198 Å². The van der Waals surface area contributed by atoms with Crippen molar-refractivity contribution in [1.82, 2.24) is 10.2 Å². The smallest absolute Gasteiger partial charge is 0.293 e. The van der Waals surface area contributed by atoms with Crippen LogP contribution in [0.1, 0.15) is 10.6 Å². The lowest BCUT2D eigenvalue weighted by molar-refractivity contribution is -0.384. The molecule has 0 saturated carbocycles. The molecule has 0 bridgehead atoms. The molecule has 32 heavy (non-hydrogen) atoms. The molecule has 0 aliphatic carbocycles. The molecule has 164 valence electrons. The molecule has 0 radical (unpaired) electrons. The van der Waals surface area contributed by atoms with E-state index < -0.39 is 10.8 Å². The minimum Gasteiger partial charge on any atom is -0.451 e. The molecule has 10 heteroatoms. The van der Waals surface area contributed by atoms with E-state index in [1.54, 1.807) is 24.3 Å². The Morgan fingerprint density at radius 2 is 1.66 bits per heavy atom. The van der Waals surface area contributed by atoms with Gasteiger partial charge < -0.3 is 14.2 Å². The second-order valence-electron chi connectivity index (χ2n) is 7.18. The largest absolute Gasteiger partial charge is 0.451 e. The molecule has 2 aromatic carbocycles. The van der Waals surface area contributed by atoms with Crippen molar-refractivity contribution in [2.45, 2.75) is 0 Å². The predicted octanol–water partition coefficient (Wildman–Crippen LogP) is 4.45. The van der Waals surface area contributed by atoms with Crippen LogP contribution in [-0.4, -0.2) is 47.0 Å². The Bertz CT molecular complexity index is 1140. The van der Waals surface area contributed by atoms with E-state index in [9.17, 15) is 14.9 Å². The van der Waals surface area contributed by atoms with E-state index in [4.69, 9.17) is 16.6 Å². The molecule has 0 atom stereocenters. The number of carbonyl (C=O) groups excluding carboxylic acids is 1. The number of halogens is 1. The third kappa shape index (κ3) is 4.97. The summed E-state index contributed by atoms with van der Waals surface area (Å²) in [6.45, 7) is 2.61. The van der Waals surface area contributed by atoms with Crippen molar-refractivity contribution in [1.29, 1.82) is 0 Å². The summed E-state index contributed by atoms with van der Waals surface area (Å²) in [7, 11) is 0. The average Bonchev–Trinajstić information content (AvgIpc) is 3.30. The summed E-state index contributed by atoms with van der Waals surface area (Å²) >= 11 is 8.81. The van der Waals surface area contributed by atoms with Crippen LogP contribution in [0.3, 0.4) is 0 Å². The number of non-ortho nitro benzene ring substituents is 1. The van der Waals surface area contributed by atoms with Gasteiger partial charge in [0, 0.05) is 54.0 Å². The number of furan rings is 1.